The van der Waals surface area contributed by atoms with Crippen LogP contribution in [0.5, 0.6) is 0 Å². The zero-order valence-electron chi connectivity index (χ0n) is 7.90. The van der Waals surface area contributed by atoms with Gasteiger partial charge in [-0.1, -0.05) is 24.3 Å². The monoisotopic (exact) mass is 195 g/mol. The number of primary amides is 1. The summed E-state index contributed by atoms with van der Waals surface area (Å²) in [6.07, 6.45) is 0. The first-order chi connectivity index (χ1) is 6.27. The summed E-state index contributed by atoms with van der Waals surface area (Å²) in [5.74, 6) is -0.495. The molecule has 4 heteroatoms. The fraction of sp³-hybridized carbons (Fsp3) is 0. The molecule has 3 nitrogen and oxygen atoms in total. The van der Waals surface area contributed by atoms with E-state index in [4.69, 9.17) is 5.73 Å². The molecule has 1 amide bonds. The molecule has 0 atom stereocenters. The minimum Gasteiger partial charge on any atom is -0.364 e. The molecule has 0 bridgehead atoms. The van der Waals surface area contributed by atoms with Crippen LogP contribution in [-0.4, -0.2) is 40.4 Å². The predicted molar refractivity (Wildman–Crippen MR) is 56.0 cm³/mol. The fourth-order valence-corrected chi connectivity index (χ4v) is 1.20. The predicted octanol–water partition coefficient (Wildman–Crippen LogP) is 0.953. The Kier molecular flexibility index (Phi) is 3.63. The van der Waals surface area contributed by atoms with Gasteiger partial charge in [-0.3, -0.25) is 4.79 Å². The fourth-order valence-electron chi connectivity index (χ4n) is 1.20. The summed E-state index contributed by atoms with van der Waals surface area (Å²) in [6.45, 7) is 0. The third-order valence-corrected chi connectivity index (χ3v) is 1.85. The van der Waals surface area contributed by atoms with Gasteiger partial charge in [0.15, 0.2) is 0 Å². The summed E-state index contributed by atoms with van der Waals surface area (Å²) >= 11 is 0. The third kappa shape index (κ3) is 2.12. The van der Waals surface area contributed by atoms with Crippen molar-refractivity contribution < 1.29 is 4.79 Å². The van der Waals surface area contributed by atoms with Gasteiger partial charge in [0, 0.05) is 34.9 Å². The van der Waals surface area contributed by atoms with Gasteiger partial charge in [0.25, 0.3) is 5.91 Å². The number of hydrogen-bond donors (Lipinski definition) is 1. The Morgan fingerprint density at radius 2 is 1.86 bits per heavy atom. The summed E-state index contributed by atoms with van der Waals surface area (Å²) in [5.41, 5.74) is 6.20. The number of fused-ring (bicyclic) bond motifs is 1. The minimum atomic E-state index is -0.495. The molecule has 0 fully saturated rings. The van der Waals surface area contributed by atoms with Crippen molar-refractivity contribution in [1.29, 1.82) is 0 Å². The average molecular weight is 195 g/mol. The summed E-state index contributed by atoms with van der Waals surface area (Å²) in [4.78, 5) is 14.9. The van der Waals surface area contributed by atoms with Crippen molar-refractivity contribution in [3.63, 3.8) is 0 Å². The van der Waals surface area contributed by atoms with Crippen molar-refractivity contribution in [2.24, 2.45) is 5.73 Å². The van der Waals surface area contributed by atoms with Gasteiger partial charge in [-0.25, -0.2) is 4.98 Å². The topological polar surface area (TPSA) is 56.0 Å². The molecule has 0 saturated carbocycles. The van der Waals surface area contributed by atoms with E-state index >= 15 is 0 Å². The minimum absolute atomic E-state index is 0. The van der Waals surface area contributed by atoms with Crippen LogP contribution in [0.2, 0.25) is 0 Å². The van der Waals surface area contributed by atoms with Gasteiger partial charge in [-0.2, -0.15) is 0 Å². The quantitative estimate of drug-likeness (QED) is 0.689. The van der Waals surface area contributed by atoms with Crippen molar-refractivity contribution in [3.05, 3.63) is 42.1 Å². The average Bonchev–Trinajstić information content (AvgIpc) is 2.17. The third-order valence-electron chi connectivity index (χ3n) is 1.85. The summed E-state index contributed by atoms with van der Waals surface area (Å²) in [6, 6.07) is 11.1. The molecule has 14 heavy (non-hydrogen) atoms. The van der Waals surface area contributed by atoms with Gasteiger partial charge < -0.3 is 5.73 Å². The van der Waals surface area contributed by atoms with Crippen molar-refractivity contribution >= 4 is 46.4 Å². The molecule has 1 aromatic carbocycles. The number of rotatable bonds is 1. The number of amides is 1. The maximum absolute atomic E-state index is 10.8. The van der Waals surface area contributed by atoms with E-state index in [-0.39, 0.29) is 29.6 Å². The van der Waals surface area contributed by atoms with Crippen LogP contribution < -0.4 is 5.73 Å². The number of hydrogen-bond acceptors (Lipinski definition) is 2. The second-order valence-corrected chi connectivity index (χ2v) is 2.75. The van der Waals surface area contributed by atoms with Crippen molar-refractivity contribution in [2.75, 3.05) is 0 Å². The van der Waals surface area contributed by atoms with E-state index in [0.29, 0.717) is 5.69 Å². The van der Waals surface area contributed by atoms with Crippen LogP contribution in [0.25, 0.3) is 10.9 Å². The molecule has 1 heterocycles. The van der Waals surface area contributed by atoms with Crippen molar-refractivity contribution in [1.82, 2.24) is 4.98 Å². The second kappa shape index (κ2) is 4.55. The first-order valence-electron chi connectivity index (χ1n) is 3.93. The van der Waals surface area contributed by atoms with Crippen molar-refractivity contribution in [2.45, 2.75) is 0 Å². The number of nitrogens with two attached hydrogens (primary N) is 1. The Hall–Kier alpha value is -0.900. The number of carbonyl (C=O) groups is 1. The molecule has 0 aliphatic rings. The summed E-state index contributed by atoms with van der Waals surface area (Å²) in [7, 11) is 0. The first-order valence-corrected chi connectivity index (χ1v) is 3.93. The van der Waals surface area contributed by atoms with Crippen molar-refractivity contribution in [3.8, 4) is 0 Å². The van der Waals surface area contributed by atoms with Crippen LogP contribution in [-0.2, 0) is 0 Å². The van der Waals surface area contributed by atoms with E-state index in [1.807, 2.05) is 30.3 Å². The van der Waals surface area contributed by atoms with E-state index in [1.54, 1.807) is 6.07 Å². The molecular weight excluding hydrogens is 187 g/mol. The molecule has 0 unspecified atom stereocenters. The molecular formula is C10H8N2NaO. The van der Waals surface area contributed by atoms with Gasteiger partial charge >= 0.3 is 0 Å². The largest absolute Gasteiger partial charge is 0.364 e. The maximum atomic E-state index is 10.8. The number of para-hydroxylation sites is 1. The van der Waals surface area contributed by atoms with Crippen LogP contribution >= 0.6 is 0 Å². The Bertz CT molecular complexity index is 470. The standard InChI is InChI=1S/C10H8N2O.Na/c11-10(13)9-6-5-7-3-1-2-4-8(7)12-9;/h1-6H,(H2,11,13);. The van der Waals surface area contributed by atoms with Gasteiger partial charge in [-0.15, -0.1) is 0 Å². The van der Waals surface area contributed by atoms with E-state index in [2.05, 4.69) is 4.98 Å². The zero-order chi connectivity index (χ0) is 9.26. The SMILES string of the molecule is NC(=O)c1ccc2ccccc2n1.[Na]. The van der Waals surface area contributed by atoms with Gasteiger partial charge in [0.05, 0.1) is 5.52 Å². The van der Waals surface area contributed by atoms with E-state index < -0.39 is 5.91 Å². The van der Waals surface area contributed by atoms with Crippen LogP contribution in [0.1, 0.15) is 10.5 Å². The number of pyridine rings is 1. The Morgan fingerprint density at radius 3 is 2.57 bits per heavy atom. The number of nitrogens with zero attached hydrogens (tertiary/aromatic N) is 1. The summed E-state index contributed by atoms with van der Waals surface area (Å²) in [5, 5.41) is 1.01. The Balaban J connectivity index is 0.000000980. The Morgan fingerprint density at radius 1 is 1.14 bits per heavy atom. The zero-order valence-corrected chi connectivity index (χ0v) is 9.90. The number of carbonyl (C=O) groups excluding carboxylic acids is 1. The van der Waals surface area contributed by atoms with Gasteiger partial charge in [-0.05, 0) is 12.1 Å². The first kappa shape index (κ1) is 11.2. The maximum Gasteiger partial charge on any atom is 0.267 e. The number of aromatic nitrogens is 1. The van der Waals surface area contributed by atoms with E-state index in [0.717, 1.165) is 10.9 Å². The van der Waals surface area contributed by atoms with Crippen LogP contribution in [0, 0.1) is 0 Å². The molecule has 65 valence electrons. The molecule has 1 radical (unpaired) electrons. The van der Waals surface area contributed by atoms with Gasteiger partial charge in [0.1, 0.15) is 5.69 Å². The van der Waals surface area contributed by atoms with Crippen LogP contribution in [0.3, 0.4) is 0 Å². The second-order valence-electron chi connectivity index (χ2n) is 2.75. The summed E-state index contributed by atoms with van der Waals surface area (Å²) < 4.78 is 0. The van der Waals surface area contributed by atoms with Crippen LogP contribution in [0.15, 0.2) is 36.4 Å². The molecule has 1 aromatic heterocycles. The van der Waals surface area contributed by atoms with Gasteiger partial charge in [0.2, 0.25) is 0 Å². The molecule has 0 spiro atoms. The number of benzene rings is 1. The molecule has 0 aliphatic heterocycles. The molecule has 0 aliphatic carbocycles. The normalized spacial score (nSPS) is 9.43. The molecule has 2 aromatic rings. The smallest absolute Gasteiger partial charge is 0.267 e. The van der Waals surface area contributed by atoms with Crippen LogP contribution in [0.4, 0.5) is 0 Å². The van der Waals surface area contributed by atoms with E-state index in [9.17, 15) is 4.79 Å². The van der Waals surface area contributed by atoms with E-state index in [1.165, 1.54) is 0 Å². The molecule has 2 rings (SSSR count). The molecule has 0 saturated heterocycles. The Labute approximate surface area is 104 Å². The molecule has 2 N–H and O–H groups in total.